The van der Waals surface area contributed by atoms with Crippen LogP contribution in [0.2, 0.25) is 0 Å². The van der Waals surface area contributed by atoms with Crippen LogP contribution in [0.25, 0.3) is 0 Å². The number of carbonyl (C=O) groups is 1. The molecule has 0 unspecified atom stereocenters. The lowest BCUT2D eigenvalue weighted by Gasteiger charge is -2.26. The van der Waals surface area contributed by atoms with Crippen molar-refractivity contribution in [1.29, 1.82) is 0 Å². The number of aliphatic hydroxyl groups is 1. The van der Waals surface area contributed by atoms with Crippen LogP contribution < -0.4 is 5.32 Å². The lowest BCUT2D eigenvalue weighted by Crippen LogP contribution is -2.28. The van der Waals surface area contributed by atoms with Crippen molar-refractivity contribution in [2.75, 3.05) is 5.32 Å². The molecule has 0 spiro atoms. The number of rotatable bonds is 8. The number of anilines is 1. The molecule has 0 saturated carbocycles. The molecule has 2 N–H and O–H groups in total. The van der Waals surface area contributed by atoms with E-state index in [1.54, 1.807) is 6.08 Å². The van der Waals surface area contributed by atoms with Crippen LogP contribution in [0, 0.1) is 0 Å². The first-order valence-electron chi connectivity index (χ1n) is 14.1. The van der Waals surface area contributed by atoms with Gasteiger partial charge in [0, 0.05) is 22.2 Å². The van der Waals surface area contributed by atoms with Crippen molar-refractivity contribution in [3.8, 4) is 0 Å². The Balaban J connectivity index is 1.40. The third kappa shape index (κ3) is 4.34. The molecule has 2 aliphatic heterocycles. The topological polar surface area (TPSA) is 61.7 Å². The molecule has 5 rings (SSSR count). The van der Waals surface area contributed by atoms with E-state index in [2.05, 4.69) is 83.3 Å². The second kappa shape index (κ2) is 9.72. The van der Waals surface area contributed by atoms with Gasteiger partial charge in [0.05, 0.1) is 22.5 Å². The van der Waals surface area contributed by atoms with Gasteiger partial charge in [-0.1, -0.05) is 78.6 Å². The number of Topliss-reactive ketones (excluding diaryl/α,β-unsaturated/α-hetero) is 1. The number of aliphatic hydroxyl groups excluding tert-OH is 1. The summed E-state index contributed by atoms with van der Waals surface area (Å²) in [6, 6.07) is 13.1. The fraction of sp³-hybridized carbons (Fsp3) is 0.412. The fourth-order valence-electron chi connectivity index (χ4n) is 5.75. The third-order valence-corrected chi connectivity index (χ3v) is 8.52. The van der Waals surface area contributed by atoms with Crippen LogP contribution in [0.4, 0.5) is 11.4 Å². The molecule has 4 nitrogen and oxygen atoms in total. The van der Waals surface area contributed by atoms with Gasteiger partial charge in [-0.2, -0.15) is 0 Å². The summed E-state index contributed by atoms with van der Waals surface area (Å²) in [5, 5.41) is 14.5. The highest BCUT2D eigenvalue weighted by Gasteiger charge is 2.41. The molecular formula is C34H40N2O2. The minimum atomic E-state index is -0.328. The maximum atomic E-state index is 13.2. The van der Waals surface area contributed by atoms with Crippen LogP contribution in [0.3, 0.4) is 0 Å². The van der Waals surface area contributed by atoms with E-state index in [1.807, 2.05) is 6.08 Å². The van der Waals surface area contributed by atoms with Gasteiger partial charge in [0.15, 0.2) is 0 Å². The van der Waals surface area contributed by atoms with Gasteiger partial charge < -0.3 is 10.4 Å². The van der Waals surface area contributed by atoms with E-state index in [4.69, 9.17) is 4.99 Å². The van der Waals surface area contributed by atoms with E-state index in [-0.39, 0.29) is 22.4 Å². The number of benzene rings is 2. The molecule has 0 radical (unpaired) electrons. The molecule has 1 aliphatic carbocycles. The number of ketones is 1. The van der Waals surface area contributed by atoms with Crippen molar-refractivity contribution in [2.24, 2.45) is 4.99 Å². The smallest absolute Gasteiger partial charge is 0.200 e. The molecule has 198 valence electrons. The number of hydrogen-bond donors (Lipinski definition) is 2. The van der Waals surface area contributed by atoms with Gasteiger partial charge >= 0.3 is 0 Å². The van der Waals surface area contributed by atoms with E-state index in [0.29, 0.717) is 11.1 Å². The summed E-state index contributed by atoms with van der Waals surface area (Å²) in [6.45, 7) is 13.0. The zero-order chi connectivity index (χ0) is 27.2. The van der Waals surface area contributed by atoms with Crippen molar-refractivity contribution in [1.82, 2.24) is 0 Å². The van der Waals surface area contributed by atoms with Crippen molar-refractivity contribution < 1.29 is 9.90 Å². The molecule has 2 aromatic carbocycles. The predicted octanol–water partition coefficient (Wildman–Crippen LogP) is 8.34. The summed E-state index contributed by atoms with van der Waals surface area (Å²) >= 11 is 0. The number of unbranched alkanes of at least 4 members (excludes halogenated alkanes) is 2. The molecule has 0 fully saturated rings. The van der Waals surface area contributed by atoms with E-state index in [1.165, 1.54) is 47.9 Å². The Hall–Kier alpha value is -3.40. The second-order valence-electron chi connectivity index (χ2n) is 12.0. The maximum Gasteiger partial charge on any atom is 0.200 e. The van der Waals surface area contributed by atoms with Gasteiger partial charge in [-0.25, -0.2) is 0 Å². The van der Waals surface area contributed by atoms with Crippen molar-refractivity contribution >= 4 is 22.9 Å². The Kier molecular flexibility index (Phi) is 6.71. The molecule has 0 bridgehead atoms. The van der Waals surface area contributed by atoms with E-state index < -0.39 is 0 Å². The quantitative estimate of drug-likeness (QED) is 0.352. The Morgan fingerprint density at radius 2 is 1.50 bits per heavy atom. The Bertz CT molecular complexity index is 1430. The van der Waals surface area contributed by atoms with Crippen LogP contribution in [0.5, 0.6) is 0 Å². The van der Waals surface area contributed by atoms with Gasteiger partial charge in [0.2, 0.25) is 5.78 Å². The summed E-state index contributed by atoms with van der Waals surface area (Å²) in [6.07, 6.45) is 10.4. The molecule has 4 heteroatoms. The van der Waals surface area contributed by atoms with Crippen LogP contribution in [0.15, 0.2) is 76.1 Å². The lowest BCUT2D eigenvalue weighted by molar-refractivity contribution is -0.113. The molecule has 0 amide bonds. The maximum absolute atomic E-state index is 13.2. The summed E-state index contributed by atoms with van der Waals surface area (Å²) < 4.78 is 0. The summed E-state index contributed by atoms with van der Waals surface area (Å²) in [7, 11) is 0. The highest BCUT2D eigenvalue weighted by molar-refractivity contribution is 6.25. The Labute approximate surface area is 227 Å². The SMILES string of the molecule is CCCCc1ccc2c(c1)C(C)(C)C(/C=C1/C(=O)C(/C=C3/Nc4ccc(CCCC)cc4C3(C)C)=C1O)=N2. The molecule has 2 heterocycles. The predicted molar refractivity (Wildman–Crippen MR) is 158 cm³/mol. The third-order valence-electron chi connectivity index (χ3n) is 8.52. The van der Waals surface area contributed by atoms with Gasteiger partial charge in [-0.3, -0.25) is 9.79 Å². The molecule has 2 aromatic rings. The highest BCUT2D eigenvalue weighted by Crippen LogP contribution is 2.46. The lowest BCUT2D eigenvalue weighted by atomic mass is 9.77. The van der Waals surface area contributed by atoms with Crippen LogP contribution in [-0.4, -0.2) is 16.6 Å². The minimum Gasteiger partial charge on any atom is -0.506 e. The second-order valence-corrected chi connectivity index (χ2v) is 12.0. The first-order valence-corrected chi connectivity index (χ1v) is 14.1. The first-order chi connectivity index (χ1) is 18.1. The van der Waals surface area contributed by atoms with Crippen LogP contribution in [-0.2, 0) is 28.5 Å². The van der Waals surface area contributed by atoms with Crippen LogP contribution in [0.1, 0.15) is 89.5 Å². The van der Waals surface area contributed by atoms with E-state index in [0.717, 1.165) is 35.6 Å². The molecule has 38 heavy (non-hydrogen) atoms. The largest absolute Gasteiger partial charge is 0.506 e. The normalized spacial score (nSPS) is 20.9. The molecule has 3 aliphatic rings. The standard InChI is InChI=1S/C34H40N2O2/c1-7-9-11-21-13-15-27-25(17-21)33(3,4)29(35-27)19-23-31(37)24(32(23)38)20-30-34(5,6)26-18-22(12-10-8-2)14-16-28(26)36-30/h13-20,35,37H,7-12H2,1-6H3/b24-20+,29-19+. The van der Waals surface area contributed by atoms with Crippen LogP contribution >= 0.6 is 0 Å². The zero-order valence-electron chi connectivity index (χ0n) is 23.7. The number of carbonyl (C=O) groups excluding carboxylic acids is 1. The number of nitrogens with zero attached hydrogens (tertiary/aromatic N) is 1. The number of allylic oxidation sites excluding steroid dienone is 5. The van der Waals surface area contributed by atoms with Gasteiger partial charge in [-0.05, 0) is 72.2 Å². The number of nitrogens with one attached hydrogen (secondary N) is 1. The molecule has 0 aromatic heterocycles. The highest BCUT2D eigenvalue weighted by atomic mass is 16.3. The Morgan fingerprint density at radius 1 is 0.868 bits per heavy atom. The number of hydrogen-bond acceptors (Lipinski definition) is 4. The number of fused-ring (bicyclic) bond motifs is 2. The summed E-state index contributed by atoms with van der Waals surface area (Å²) in [5.74, 6) is -0.0805. The minimum absolute atomic E-state index is 0.0535. The van der Waals surface area contributed by atoms with E-state index >= 15 is 0 Å². The van der Waals surface area contributed by atoms with E-state index in [9.17, 15) is 9.90 Å². The summed E-state index contributed by atoms with van der Waals surface area (Å²) in [4.78, 5) is 18.1. The van der Waals surface area contributed by atoms with Gasteiger partial charge in [0.1, 0.15) is 5.76 Å². The average Bonchev–Trinajstić information content (AvgIpc) is 3.30. The average molecular weight is 509 g/mol. The first kappa shape index (κ1) is 26.2. The summed E-state index contributed by atoms with van der Waals surface area (Å²) in [5.41, 5.74) is 8.95. The number of aryl methyl sites for hydroxylation is 2. The van der Waals surface area contributed by atoms with Gasteiger partial charge in [-0.15, -0.1) is 0 Å². The monoisotopic (exact) mass is 508 g/mol. The zero-order valence-corrected chi connectivity index (χ0v) is 23.7. The molecule has 0 atom stereocenters. The van der Waals surface area contributed by atoms with Crippen molar-refractivity contribution in [3.63, 3.8) is 0 Å². The molecular weight excluding hydrogens is 468 g/mol. The van der Waals surface area contributed by atoms with Crippen molar-refractivity contribution in [2.45, 2.75) is 90.9 Å². The van der Waals surface area contributed by atoms with Crippen molar-refractivity contribution in [3.05, 3.63) is 93.4 Å². The number of aliphatic imine (C=N–C) groups is 1. The van der Waals surface area contributed by atoms with Gasteiger partial charge in [0.25, 0.3) is 0 Å². The fourth-order valence-corrected chi connectivity index (χ4v) is 5.75. The Morgan fingerprint density at radius 3 is 2.13 bits per heavy atom. The molecule has 0 saturated heterocycles.